The van der Waals surface area contributed by atoms with Gasteiger partial charge < -0.3 is 94.0 Å². The van der Waals surface area contributed by atoms with E-state index in [1.807, 2.05) is 188 Å². The van der Waals surface area contributed by atoms with E-state index in [0.29, 0.717) is 36.7 Å². The number of nitrogens with zero attached hydrogens (tertiary/aromatic N) is 8. The number of amides is 8. The Morgan fingerprint density at radius 1 is 0.492 bits per heavy atom. The van der Waals surface area contributed by atoms with E-state index in [1.165, 1.54) is 42.1 Å². The molecule has 4 unspecified atom stereocenters. The van der Waals surface area contributed by atoms with Crippen molar-refractivity contribution in [2.45, 2.75) is 241 Å². The molecular formula is C87H118BBrN16O17S4. The maximum Gasteiger partial charge on any atom is 0.494 e. The van der Waals surface area contributed by atoms with Crippen LogP contribution in [0.5, 0.6) is 0 Å². The number of halogens is 1. The van der Waals surface area contributed by atoms with E-state index in [-0.39, 0.29) is 82.2 Å². The van der Waals surface area contributed by atoms with Gasteiger partial charge in [0.25, 0.3) is 0 Å². The minimum absolute atomic E-state index is 0.0338. The second-order valence-corrected chi connectivity index (χ2v) is 42.0. The summed E-state index contributed by atoms with van der Waals surface area (Å²) in [4.78, 5) is 154. The summed E-state index contributed by atoms with van der Waals surface area (Å²) in [5.41, 5.74) is 6.16. The predicted octanol–water partition coefficient (Wildman–Crippen LogP) is 14.6. The number of aliphatic carboxylic acids is 1. The van der Waals surface area contributed by atoms with E-state index in [0.717, 1.165) is 124 Å². The number of rotatable bonds is 20. The Morgan fingerprint density at radius 2 is 0.849 bits per heavy atom. The molecule has 5 saturated heterocycles. The zero-order chi connectivity index (χ0) is 91.3. The number of hydrogen-bond donors (Lipinski definition) is 9. The molecule has 126 heavy (non-hydrogen) atoms. The molecule has 9 aliphatic rings. The number of carbonyl (C=O) groups excluding carboxylic acids is 8. The number of H-pyrrole nitrogens is 4. The molecule has 0 spiro atoms. The van der Waals surface area contributed by atoms with Crippen LogP contribution in [0.4, 0.5) is 24.0 Å². The molecule has 8 amide bonds. The first-order valence-electron chi connectivity index (χ1n) is 42.8. The van der Waals surface area contributed by atoms with E-state index in [9.17, 15) is 43.2 Å². The molecule has 9 N–H and O–H groups in total. The molecule has 15 rings (SSSR count). The second-order valence-electron chi connectivity index (χ2n) is 35.8. The predicted molar refractivity (Wildman–Crippen MR) is 492 cm³/mol. The first-order valence-corrected chi connectivity index (χ1v) is 47.2. The normalized spacial score (nSPS) is 23.1. The molecule has 13 heterocycles. The summed E-state index contributed by atoms with van der Waals surface area (Å²) >= 11 is 10.9. The van der Waals surface area contributed by atoms with Crippen LogP contribution in [0.25, 0.3) is 36.8 Å². The van der Waals surface area contributed by atoms with Crippen LogP contribution < -0.4 is 26.7 Å². The Kier molecular flexibility index (Phi) is 31.0. The molecule has 4 aromatic heterocycles. The standard InChI is InChI=1S/C38H48N8O6S2.C24H35BN4O5.C18H22BrN3O2S2.C7H13NO4/c1-19(2)31(43-37(49)51-5)35(47)45-13-7-9-25(45)33-39-18-24(42-33)28-17-30-29(54-28)16-27(53-30)21-11-12-22-23(15-21)41-34(40-22)26-10-8-14-46(26)36(48)32(20(3)4)44-38(50)52-6;1-14(2)19(28-22(31)32-7)21(30)29-12-8-9-18(29)20-26-16-11-10-15(13-17(16)27-20)25-33-23(3,4)24(5,6)34-25;1-18(2,3)24-17(23)22-6-4-5-11(22)16-20-9-10(21-16)12-7-13-14(25-12)8-15(19)26-13;1-4(2)5(6(9)10)8-7(11)12-3/h11-12,15-20,25-26,29-32H,7-10,13-14H2,1-6H3,(H,39,42)(H,40,41)(H,43,49)(H,44,50);10-11,13-14,18-19H,8-9,12H2,1-7H3,(H,26,27)(H,28,31);7-9,11,13-14H,4-6H2,1-3H3,(H,20,21);4-5H,1-3H3,(H,8,11)(H,9,10)/t25-,26-,29?,30?,31-,32-;18-,19-;11-,13?,14?;5-/m0000/s1. The highest BCUT2D eigenvalue weighted by Gasteiger charge is 2.52. The second kappa shape index (κ2) is 40.7. The summed E-state index contributed by atoms with van der Waals surface area (Å²) in [5, 5.41) is 20.4. The van der Waals surface area contributed by atoms with Gasteiger partial charge in [-0.2, -0.15) is 0 Å². The summed E-state index contributed by atoms with van der Waals surface area (Å²) in [6, 6.07) is 8.69. The van der Waals surface area contributed by atoms with Gasteiger partial charge >= 0.3 is 43.6 Å². The average molecular weight is 1880 g/mol. The summed E-state index contributed by atoms with van der Waals surface area (Å²) in [6.07, 6.45) is 17.0. The summed E-state index contributed by atoms with van der Waals surface area (Å²) < 4.78 is 37.7. The molecule has 5 fully saturated rings. The zero-order valence-electron chi connectivity index (χ0n) is 74.8. The van der Waals surface area contributed by atoms with Crippen molar-refractivity contribution in [1.82, 2.24) is 80.7 Å². The number of fused-ring (bicyclic) bond motifs is 4. The Morgan fingerprint density at radius 3 is 1.25 bits per heavy atom. The number of carboxylic acid groups (broad SMARTS) is 1. The Labute approximate surface area is 760 Å². The number of likely N-dealkylation sites (tertiary alicyclic amines) is 4. The number of carbonyl (C=O) groups is 9. The highest BCUT2D eigenvalue weighted by molar-refractivity contribution is 9.14. The molecule has 682 valence electrons. The van der Waals surface area contributed by atoms with Crippen LogP contribution in [0.15, 0.2) is 76.9 Å². The van der Waals surface area contributed by atoms with Crippen LogP contribution in [-0.4, -0.2) is 242 Å². The number of methoxy groups -OCH3 is 4. The monoisotopic (exact) mass is 1880 g/mol. The topological polar surface area (TPSA) is 414 Å². The van der Waals surface area contributed by atoms with Crippen molar-refractivity contribution in [3.8, 4) is 0 Å². The molecule has 12 atom stereocenters. The maximum absolute atomic E-state index is 13.6. The lowest BCUT2D eigenvalue weighted by atomic mass is 9.79. The van der Waals surface area contributed by atoms with Crippen molar-refractivity contribution in [2.75, 3.05) is 54.6 Å². The van der Waals surface area contributed by atoms with Crippen LogP contribution in [0.3, 0.4) is 0 Å². The van der Waals surface area contributed by atoms with E-state index in [1.54, 1.807) is 18.7 Å². The molecule has 2 aromatic carbocycles. The smallest absolute Gasteiger partial charge is 0.480 e. The third-order valence-electron chi connectivity index (χ3n) is 23.8. The van der Waals surface area contributed by atoms with Crippen LogP contribution >= 0.6 is 63.0 Å². The van der Waals surface area contributed by atoms with E-state index < -0.39 is 78.4 Å². The van der Waals surface area contributed by atoms with E-state index >= 15 is 0 Å². The van der Waals surface area contributed by atoms with Gasteiger partial charge in [0.05, 0.1) is 110 Å². The maximum atomic E-state index is 13.6. The molecule has 0 aliphatic carbocycles. The van der Waals surface area contributed by atoms with Crippen molar-refractivity contribution in [1.29, 1.82) is 0 Å². The Hall–Kier alpha value is -9.15. The van der Waals surface area contributed by atoms with Crippen LogP contribution in [-0.2, 0) is 52.2 Å². The van der Waals surface area contributed by atoms with Crippen molar-refractivity contribution >= 4 is 166 Å². The van der Waals surface area contributed by atoms with Gasteiger partial charge in [-0.1, -0.05) is 85.8 Å². The van der Waals surface area contributed by atoms with Crippen LogP contribution in [0, 0.1) is 23.7 Å². The SMILES string of the molecule is CC(C)(C)OC(=O)N1CCC[C@H]1c1ncc(C2=CC3SC(Br)=CC3S2)[nH]1.COC(=O)N[C@H](C(=O)N1CCC[C@H]1c1nc2ccc(B3OC(C)(C)C(C)(C)O3)cc2[nH]1)C(C)C.COC(=O)N[C@H](C(=O)N1CCC[C@H]1c1ncc(C2=CC3SC(c4ccc5nc([C@@H]6CCCN6C(=O)[C@@H](NC(=O)OC)C(C)C)[nH]c5c4)=CC3S2)[nH]1)C(C)C.COC(=O)N[C@H](C(=O)O)C(C)C. The quantitative estimate of drug-likeness (QED) is 0.0253. The molecule has 9 aliphatic heterocycles. The largest absolute Gasteiger partial charge is 0.494 e. The lowest BCUT2D eigenvalue weighted by Crippen LogP contribution is -2.51. The van der Waals surface area contributed by atoms with Crippen LogP contribution in [0.2, 0.25) is 0 Å². The summed E-state index contributed by atoms with van der Waals surface area (Å²) in [7, 11) is 4.62. The van der Waals surface area contributed by atoms with Gasteiger partial charge in [-0.3, -0.25) is 19.3 Å². The average Bonchev–Trinajstić information content (AvgIpc) is 1.62. The van der Waals surface area contributed by atoms with E-state index in [4.69, 9.17) is 48.3 Å². The first kappa shape index (κ1) is 95.9. The highest BCUT2D eigenvalue weighted by Crippen LogP contribution is 2.55. The van der Waals surface area contributed by atoms with Crippen molar-refractivity contribution in [2.24, 2.45) is 23.7 Å². The summed E-state index contributed by atoms with van der Waals surface area (Å²) in [5.74, 6) is 1.23. The minimum Gasteiger partial charge on any atom is -0.480 e. The van der Waals surface area contributed by atoms with Gasteiger partial charge in [-0.05, 0) is 181 Å². The lowest BCUT2D eigenvalue weighted by molar-refractivity contribution is -0.140. The number of ether oxygens (including phenoxy) is 5. The van der Waals surface area contributed by atoms with Crippen molar-refractivity contribution < 1.29 is 81.3 Å². The van der Waals surface area contributed by atoms with Crippen LogP contribution in [0.1, 0.15) is 220 Å². The molecule has 6 aromatic rings. The fraction of sp³-hybridized carbons (Fsp3) is 0.575. The number of alkyl carbamates (subject to hydrolysis) is 4. The number of thioether (sulfide) groups is 4. The number of aromatic amines is 4. The number of hydrogen-bond acceptors (Lipinski definition) is 24. The van der Waals surface area contributed by atoms with E-state index in [2.05, 4.69) is 103 Å². The fourth-order valence-corrected chi connectivity index (χ4v) is 22.9. The fourth-order valence-electron chi connectivity index (χ4n) is 16.4. The minimum atomic E-state index is -1.06. The van der Waals surface area contributed by atoms with Gasteiger partial charge in [0.1, 0.15) is 53.1 Å². The Balaban J connectivity index is 0.000000171. The number of carboxylic acids is 1. The van der Waals surface area contributed by atoms with Gasteiger partial charge in [-0.15, -0.1) is 47.0 Å². The highest BCUT2D eigenvalue weighted by atomic mass is 79.9. The molecular weight excluding hydrogens is 1760 g/mol. The number of benzene rings is 2. The lowest BCUT2D eigenvalue weighted by Gasteiger charge is -2.32. The third kappa shape index (κ3) is 22.2. The van der Waals surface area contributed by atoms with Crippen molar-refractivity contribution in [3.05, 3.63) is 117 Å². The zero-order valence-corrected chi connectivity index (χ0v) is 79.6. The number of nitrogens with one attached hydrogen (secondary N) is 8. The Bertz CT molecular complexity index is 5120. The third-order valence-corrected chi connectivity index (χ3v) is 30.0. The number of imidazole rings is 4. The van der Waals surface area contributed by atoms with Crippen molar-refractivity contribution in [3.63, 3.8) is 0 Å². The molecule has 33 nitrogen and oxygen atoms in total. The van der Waals surface area contributed by atoms with Gasteiger partial charge in [0, 0.05) is 65.7 Å². The van der Waals surface area contributed by atoms with Gasteiger partial charge in [0.2, 0.25) is 17.7 Å². The first-order chi connectivity index (χ1) is 59.7. The molecule has 39 heteroatoms. The molecule has 0 bridgehead atoms. The summed E-state index contributed by atoms with van der Waals surface area (Å²) in [6.45, 7) is 31.2. The number of aromatic nitrogens is 8. The van der Waals surface area contributed by atoms with Gasteiger partial charge in [0.15, 0.2) is 0 Å². The van der Waals surface area contributed by atoms with Gasteiger partial charge in [-0.25, -0.2) is 48.7 Å². The molecule has 0 saturated carbocycles. The molecule has 0 radical (unpaired) electrons.